The van der Waals surface area contributed by atoms with Crippen LogP contribution in [0.4, 0.5) is 5.13 Å². The number of fused-ring (bicyclic) bond motifs is 2. The molecule has 2 bridgehead atoms. The Kier molecular flexibility index (Phi) is 5.98. The van der Waals surface area contributed by atoms with Crippen molar-refractivity contribution in [2.45, 2.75) is 33.6 Å². The van der Waals surface area contributed by atoms with Gasteiger partial charge in [0.05, 0.1) is 11.5 Å². The molecule has 178 valence electrons. The first kappa shape index (κ1) is 23.0. The summed E-state index contributed by atoms with van der Waals surface area (Å²) in [5.41, 5.74) is 2.14. The van der Waals surface area contributed by atoms with E-state index in [0.29, 0.717) is 47.7 Å². The van der Waals surface area contributed by atoms with Crippen LogP contribution in [0.5, 0.6) is 0 Å². The normalized spacial score (nSPS) is 18.4. The molecule has 2 aromatic heterocycles. The van der Waals surface area contributed by atoms with Crippen molar-refractivity contribution >= 4 is 39.8 Å². The zero-order chi connectivity index (χ0) is 24.7. The van der Waals surface area contributed by atoms with Crippen LogP contribution in [0.15, 0.2) is 64.3 Å². The maximum Gasteiger partial charge on any atom is 0.215 e. The van der Waals surface area contributed by atoms with Gasteiger partial charge in [-0.3, -0.25) is 24.3 Å². The highest BCUT2D eigenvalue weighted by molar-refractivity contribution is 7.10. The number of hydrogen-bond donors (Lipinski definition) is 0. The molecule has 1 fully saturated rings. The summed E-state index contributed by atoms with van der Waals surface area (Å²) in [4.78, 5) is 55.3. The number of ketones is 3. The molecule has 0 amide bonds. The number of amidine groups is 1. The third-order valence-electron chi connectivity index (χ3n) is 6.38. The molecule has 5 heterocycles. The van der Waals surface area contributed by atoms with Gasteiger partial charge in [-0.25, -0.2) is 4.99 Å². The molecule has 3 aliphatic heterocycles. The van der Waals surface area contributed by atoms with E-state index in [1.54, 1.807) is 17.3 Å². The second-order valence-electron chi connectivity index (χ2n) is 8.73. The molecule has 0 aromatic carbocycles. The number of likely N-dealkylation sites (tertiary alicyclic amines) is 1. The summed E-state index contributed by atoms with van der Waals surface area (Å²) in [6.07, 6.45) is 7.53. The fraction of sp³-hybridized carbons (Fsp3) is 0.320. The van der Waals surface area contributed by atoms with E-state index in [1.165, 1.54) is 13.1 Å². The van der Waals surface area contributed by atoms with Gasteiger partial charge in [0.1, 0.15) is 17.4 Å². The van der Waals surface area contributed by atoms with Gasteiger partial charge in [-0.15, -0.1) is 0 Å². The number of allylic oxidation sites excluding steroid dienone is 3. The summed E-state index contributed by atoms with van der Waals surface area (Å²) >= 11 is 1.16. The highest BCUT2D eigenvalue weighted by atomic mass is 32.1. The Bertz CT molecular complexity index is 1350. The third-order valence-corrected chi connectivity index (χ3v) is 7.10. The molecular weight excluding hydrogens is 464 g/mol. The van der Waals surface area contributed by atoms with Gasteiger partial charge >= 0.3 is 0 Å². The Balaban J connectivity index is 1.56. The molecule has 9 nitrogen and oxygen atoms in total. The molecule has 5 rings (SSSR count). The van der Waals surface area contributed by atoms with E-state index in [0.717, 1.165) is 22.7 Å². The first-order chi connectivity index (χ1) is 16.9. The Morgan fingerprint density at radius 3 is 2.74 bits per heavy atom. The summed E-state index contributed by atoms with van der Waals surface area (Å²) in [5.74, 6) is 1.41. The molecule has 0 saturated carbocycles. The molecule has 10 heteroatoms. The van der Waals surface area contributed by atoms with Crippen LogP contribution in [0.3, 0.4) is 0 Å². The van der Waals surface area contributed by atoms with Crippen LogP contribution < -0.4 is 4.90 Å². The van der Waals surface area contributed by atoms with Gasteiger partial charge in [0, 0.05) is 67.2 Å². The fourth-order valence-electron chi connectivity index (χ4n) is 4.27. The first-order valence-electron chi connectivity index (χ1n) is 11.4. The Labute approximate surface area is 206 Å². The third kappa shape index (κ3) is 4.25. The summed E-state index contributed by atoms with van der Waals surface area (Å²) < 4.78 is 4.47. The zero-order valence-electron chi connectivity index (χ0n) is 19.7. The van der Waals surface area contributed by atoms with Gasteiger partial charge in [0.25, 0.3) is 0 Å². The Morgan fingerprint density at radius 2 is 2.06 bits per heavy atom. The number of rotatable bonds is 6. The van der Waals surface area contributed by atoms with Gasteiger partial charge in [0.15, 0.2) is 17.4 Å². The summed E-state index contributed by atoms with van der Waals surface area (Å²) in [5, 5.41) is 0.497. The number of carbonyl (C=O) groups is 3. The number of anilines is 1. The molecule has 0 atom stereocenters. The van der Waals surface area contributed by atoms with Crippen LogP contribution in [0.2, 0.25) is 0 Å². The maximum atomic E-state index is 13.3. The van der Waals surface area contributed by atoms with Crippen molar-refractivity contribution in [3.8, 4) is 11.4 Å². The lowest BCUT2D eigenvalue weighted by atomic mass is 9.93. The van der Waals surface area contributed by atoms with Crippen molar-refractivity contribution in [3.63, 3.8) is 0 Å². The standard InChI is InChI=1S/C25H24N6O3S/c1-4-20(33)17-11-30(12-17)21-8-14(2)18-9-22(27-21)31(13-19(15(3)32)23(18)34)25-28-24(29-35-25)16-6-5-7-26-10-16/h5-8,10,13,17H,4,9,11-12H2,1-3H3. The SMILES string of the molecule is CCC(=O)C1CN(C2=CC(C)=C3CC(=N2)N(c2nc(-c4cccnc4)ns2)C=C(C(C)=O)C3=O)C1. The van der Waals surface area contributed by atoms with Crippen LogP contribution in [0.25, 0.3) is 11.4 Å². The lowest BCUT2D eigenvalue weighted by molar-refractivity contribution is -0.126. The Morgan fingerprint density at radius 1 is 1.26 bits per heavy atom. The summed E-state index contributed by atoms with van der Waals surface area (Å²) in [7, 11) is 0. The van der Waals surface area contributed by atoms with Gasteiger partial charge in [0.2, 0.25) is 5.13 Å². The quantitative estimate of drug-likeness (QED) is 0.570. The summed E-state index contributed by atoms with van der Waals surface area (Å²) in [6.45, 7) is 6.32. The molecule has 0 unspecified atom stereocenters. The van der Waals surface area contributed by atoms with Crippen molar-refractivity contribution in [2.24, 2.45) is 10.9 Å². The van der Waals surface area contributed by atoms with Crippen LogP contribution in [0.1, 0.15) is 33.6 Å². The smallest absolute Gasteiger partial charge is 0.215 e. The fourth-order valence-corrected chi connectivity index (χ4v) is 4.96. The van der Waals surface area contributed by atoms with Crippen molar-refractivity contribution < 1.29 is 14.4 Å². The van der Waals surface area contributed by atoms with E-state index in [2.05, 4.69) is 14.3 Å². The van der Waals surface area contributed by atoms with Crippen LogP contribution in [0, 0.1) is 5.92 Å². The van der Waals surface area contributed by atoms with E-state index in [1.807, 2.05) is 37.0 Å². The topological polar surface area (TPSA) is 109 Å². The number of hydrogen-bond acceptors (Lipinski definition) is 10. The van der Waals surface area contributed by atoms with Crippen LogP contribution >= 0.6 is 11.5 Å². The van der Waals surface area contributed by atoms with Gasteiger partial charge < -0.3 is 4.90 Å². The highest BCUT2D eigenvalue weighted by Crippen LogP contribution is 2.34. The van der Waals surface area contributed by atoms with E-state index in [-0.39, 0.29) is 35.3 Å². The van der Waals surface area contributed by atoms with E-state index >= 15 is 0 Å². The number of pyridine rings is 1. The number of carbonyl (C=O) groups excluding carboxylic acids is 3. The molecule has 0 radical (unpaired) electrons. The molecule has 0 N–H and O–H groups in total. The van der Waals surface area contributed by atoms with Crippen molar-refractivity contribution in [1.29, 1.82) is 0 Å². The Hall–Kier alpha value is -3.79. The monoisotopic (exact) mass is 488 g/mol. The van der Waals surface area contributed by atoms with E-state index in [9.17, 15) is 14.4 Å². The second-order valence-corrected chi connectivity index (χ2v) is 9.46. The maximum absolute atomic E-state index is 13.3. The predicted molar refractivity (Wildman–Crippen MR) is 133 cm³/mol. The molecule has 3 aliphatic rings. The van der Waals surface area contributed by atoms with Crippen molar-refractivity contribution in [2.75, 3.05) is 18.0 Å². The highest BCUT2D eigenvalue weighted by Gasteiger charge is 2.36. The summed E-state index contributed by atoms with van der Waals surface area (Å²) in [6, 6.07) is 3.68. The van der Waals surface area contributed by atoms with Gasteiger partial charge in [-0.2, -0.15) is 9.36 Å². The largest absolute Gasteiger partial charge is 0.355 e. The van der Waals surface area contributed by atoms with E-state index < -0.39 is 0 Å². The van der Waals surface area contributed by atoms with Crippen molar-refractivity contribution in [3.05, 3.63) is 59.3 Å². The lowest BCUT2D eigenvalue weighted by Gasteiger charge is -2.40. The minimum absolute atomic E-state index is 0.00612. The minimum Gasteiger partial charge on any atom is -0.355 e. The predicted octanol–water partition coefficient (Wildman–Crippen LogP) is 3.33. The van der Waals surface area contributed by atoms with E-state index in [4.69, 9.17) is 4.99 Å². The number of aliphatic imine (C=N–C) groups is 1. The zero-order valence-corrected chi connectivity index (χ0v) is 20.5. The average molecular weight is 489 g/mol. The molecule has 35 heavy (non-hydrogen) atoms. The molecule has 1 saturated heterocycles. The van der Waals surface area contributed by atoms with Crippen LogP contribution in [-0.4, -0.2) is 55.5 Å². The molecule has 2 aromatic rings. The second kappa shape index (κ2) is 9.10. The van der Waals surface area contributed by atoms with Crippen LogP contribution in [-0.2, 0) is 14.4 Å². The lowest BCUT2D eigenvalue weighted by Crippen LogP contribution is -2.49. The van der Waals surface area contributed by atoms with Gasteiger partial charge in [-0.1, -0.05) is 6.92 Å². The first-order valence-corrected chi connectivity index (χ1v) is 12.2. The number of nitrogens with zero attached hydrogens (tertiary/aromatic N) is 6. The average Bonchev–Trinajstić information content (AvgIpc) is 3.18. The molecule has 0 aliphatic carbocycles. The molecular formula is C25H24N6O3S. The number of aromatic nitrogens is 3. The van der Waals surface area contributed by atoms with Crippen molar-refractivity contribution in [1.82, 2.24) is 19.2 Å². The number of Topliss-reactive ketones (excluding diaryl/α,β-unsaturated/α-hetero) is 3. The molecule has 0 spiro atoms. The minimum atomic E-state index is -0.322. The van der Waals surface area contributed by atoms with Gasteiger partial charge in [-0.05, 0) is 37.6 Å².